The number of nitrogens with zero attached hydrogens (tertiary/aromatic N) is 3. The Bertz CT molecular complexity index is 669. The second-order valence-corrected chi connectivity index (χ2v) is 5.63. The van der Waals surface area contributed by atoms with Crippen LogP contribution in [0.25, 0.3) is 0 Å². The number of piperidine rings is 1. The largest absolute Gasteiger partial charge is 0.348 e. The minimum absolute atomic E-state index is 0.0837. The topological polar surface area (TPSA) is 73.9 Å². The van der Waals surface area contributed by atoms with E-state index in [9.17, 15) is 13.6 Å². The summed E-state index contributed by atoms with van der Waals surface area (Å²) in [6.07, 6.45) is 2.98. The molecule has 1 amide bonds. The molecule has 1 saturated heterocycles. The van der Waals surface area contributed by atoms with Crippen molar-refractivity contribution in [2.24, 2.45) is 0 Å². The predicted octanol–water partition coefficient (Wildman–Crippen LogP) is 1.48. The third-order valence-electron chi connectivity index (χ3n) is 3.96. The minimum Gasteiger partial charge on any atom is -0.348 e. The number of rotatable bonds is 4. The van der Waals surface area contributed by atoms with Crippen LogP contribution < -0.4 is 5.32 Å². The maximum atomic E-state index is 13.2. The molecule has 0 aliphatic carbocycles. The molecular formula is C15H17F2N5O. The number of aromatic nitrogens is 3. The smallest absolute Gasteiger partial charge is 0.273 e. The van der Waals surface area contributed by atoms with Crippen LogP contribution in [-0.4, -0.2) is 45.3 Å². The molecule has 1 aliphatic rings. The number of carbonyl (C=O) groups is 1. The maximum Gasteiger partial charge on any atom is 0.273 e. The first-order valence-corrected chi connectivity index (χ1v) is 7.45. The van der Waals surface area contributed by atoms with Crippen LogP contribution in [0.5, 0.6) is 0 Å². The Morgan fingerprint density at radius 1 is 1.30 bits per heavy atom. The Morgan fingerprint density at radius 2 is 2.09 bits per heavy atom. The molecule has 2 N–H and O–H groups in total. The van der Waals surface area contributed by atoms with Gasteiger partial charge < -0.3 is 5.32 Å². The highest BCUT2D eigenvalue weighted by Gasteiger charge is 2.22. The van der Waals surface area contributed by atoms with Crippen LogP contribution in [0.3, 0.4) is 0 Å². The monoisotopic (exact) mass is 321 g/mol. The number of halogens is 2. The fraction of sp³-hybridized carbons (Fsp3) is 0.400. The molecule has 2 aromatic rings. The van der Waals surface area contributed by atoms with Gasteiger partial charge in [-0.3, -0.25) is 9.69 Å². The summed E-state index contributed by atoms with van der Waals surface area (Å²) in [4.78, 5) is 14.0. The Kier molecular flexibility index (Phi) is 4.61. The molecule has 0 spiro atoms. The molecule has 1 aliphatic heterocycles. The van der Waals surface area contributed by atoms with Gasteiger partial charge in [0.05, 0.1) is 6.20 Å². The second kappa shape index (κ2) is 6.82. The first-order valence-electron chi connectivity index (χ1n) is 7.45. The van der Waals surface area contributed by atoms with E-state index < -0.39 is 11.6 Å². The number of benzene rings is 1. The number of nitrogens with one attached hydrogen (secondary N) is 2. The number of hydrogen-bond acceptors (Lipinski definition) is 4. The maximum absolute atomic E-state index is 13.2. The van der Waals surface area contributed by atoms with Crippen molar-refractivity contribution in [2.75, 3.05) is 13.1 Å². The summed E-state index contributed by atoms with van der Waals surface area (Å²) < 4.78 is 26.1. The molecule has 2 heterocycles. The third-order valence-corrected chi connectivity index (χ3v) is 3.96. The number of H-pyrrole nitrogens is 1. The lowest BCUT2D eigenvalue weighted by atomic mass is 10.0. The van der Waals surface area contributed by atoms with E-state index in [4.69, 9.17) is 0 Å². The van der Waals surface area contributed by atoms with Gasteiger partial charge in [-0.15, -0.1) is 0 Å². The highest BCUT2D eigenvalue weighted by atomic mass is 19.2. The van der Waals surface area contributed by atoms with Gasteiger partial charge in [0.1, 0.15) is 0 Å². The molecule has 0 atom stereocenters. The van der Waals surface area contributed by atoms with Crippen molar-refractivity contribution >= 4 is 5.91 Å². The van der Waals surface area contributed by atoms with Gasteiger partial charge in [0.25, 0.3) is 5.91 Å². The lowest BCUT2D eigenvalue weighted by molar-refractivity contribution is 0.0904. The highest BCUT2D eigenvalue weighted by molar-refractivity contribution is 5.91. The Hall–Kier alpha value is -2.35. The SMILES string of the molecule is O=C(NC1CCN(Cc2ccc(F)c(F)c2)CC1)c1cn[nH]n1. The summed E-state index contributed by atoms with van der Waals surface area (Å²) >= 11 is 0. The summed E-state index contributed by atoms with van der Waals surface area (Å²) in [6, 6.07) is 4.06. The third kappa shape index (κ3) is 3.89. The van der Waals surface area contributed by atoms with Crippen molar-refractivity contribution in [3.8, 4) is 0 Å². The number of likely N-dealkylation sites (tertiary alicyclic amines) is 1. The van der Waals surface area contributed by atoms with Crippen molar-refractivity contribution in [3.05, 3.63) is 47.3 Å². The quantitative estimate of drug-likeness (QED) is 0.894. The summed E-state index contributed by atoms with van der Waals surface area (Å²) in [5.74, 6) is -1.89. The van der Waals surface area contributed by atoms with Crippen LogP contribution in [0.4, 0.5) is 8.78 Å². The molecule has 1 aromatic carbocycles. The van der Waals surface area contributed by atoms with Crippen LogP contribution >= 0.6 is 0 Å². The summed E-state index contributed by atoms with van der Waals surface area (Å²) in [6.45, 7) is 2.13. The molecule has 3 rings (SSSR count). The van der Waals surface area contributed by atoms with Gasteiger partial charge in [-0.2, -0.15) is 15.4 Å². The van der Waals surface area contributed by atoms with Crippen LogP contribution in [0.15, 0.2) is 24.4 Å². The lowest BCUT2D eigenvalue weighted by Crippen LogP contribution is -2.44. The average molecular weight is 321 g/mol. The van der Waals surface area contributed by atoms with Crippen LogP contribution in [0, 0.1) is 11.6 Å². The van der Waals surface area contributed by atoms with Crippen LogP contribution in [0.1, 0.15) is 28.9 Å². The van der Waals surface area contributed by atoms with Gasteiger partial charge >= 0.3 is 0 Å². The van der Waals surface area contributed by atoms with E-state index in [1.807, 2.05) is 0 Å². The van der Waals surface area contributed by atoms with E-state index in [1.54, 1.807) is 6.07 Å². The van der Waals surface area contributed by atoms with E-state index >= 15 is 0 Å². The molecule has 0 unspecified atom stereocenters. The molecular weight excluding hydrogens is 304 g/mol. The van der Waals surface area contributed by atoms with E-state index in [2.05, 4.69) is 25.6 Å². The van der Waals surface area contributed by atoms with Gasteiger partial charge in [-0.05, 0) is 30.5 Å². The standard InChI is InChI=1S/C15H17F2N5O/c16-12-2-1-10(7-13(12)17)9-22-5-3-11(4-6-22)19-15(23)14-8-18-21-20-14/h1-2,7-8,11H,3-6,9H2,(H,19,23)(H,18,20,21). The van der Waals surface area contributed by atoms with E-state index in [0.29, 0.717) is 6.54 Å². The molecule has 1 aromatic heterocycles. The zero-order valence-corrected chi connectivity index (χ0v) is 12.4. The zero-order chi connectivity index (χ0) is 16.2. The molecule has 6 nitrogen and oxygen atoms in total. The fourth-order valence-corrected chi connectivity index (χ4v) is 2.70. The summed E-state index contributed by atoms with van der Waals surface area (Å²) in [5.41, 5.74) is 1.02. The van der Waals surface area contributed by atoms with Gasteiger partial charge in [0.2, 0.25) is 0 Å². The molecule has 0 saturated carbocycles. The Balaban J connectivity index is 1.48. The molecule has 1 fully saturated rings. The van der Waals surface area contributed by atoms with Gasteiger partial charge in [-0.1, -0.05) is 6.07 Å². The Morgan fingerprint density at radius 3 is 2.74 bits per heavy atom. The van der Waals surface area contributed by atoms with Gasteiger partial charge in [-0.25, -0.2) is 8.78 Å². The van der Waals surface area contributed by atoms with Crippen molar-refractivity contribution in [2.45, 2.75) is 25.4 Å². The van der Waals surface area contributed by atoms with E-state index in [0.717, 1.165) is 37.6 Å². The van der Waals surface area contributed by atoms with Crippen molar-refractivity contribution in [1.29, 1.82) is 0 Å². The summed E-state index contributed by atoms with van der Waals surface area (Å²) in [5, 5.41) is 12.7. The number of hydrogen-bond donors (Lipinski definition) is 2. The van der Waals surface area contributed by atoms with Gasteiger partial charge in [0, 0.05) is 25.7 Å². The fourth-order valence-electron chi connectivity index (χ4n) is 2.70. The van der Waals surface area contributed by atoms with Crippen LogP contribution in [0.2, 0.25) is 0 Å². The predicted molar refractivity (Wildman–Crippen MR) is 78.5 cm³/mol. The normalized spacial score (nSPS) is 16.4. The molecule has 8 heteroatoms. The molecule has 0 radical (unpaired) electrons. The highest BCUT2D eigenvalue weighted by Crippen LogP contribution is 2.16. The van der Waals surface area contributed by atoms with E-state index in [-0.39, 0.29) is 17.6 Å². The molecule has 122 valence electrons. The van der Waals surface area contributed by atoms with Crippen LogP contribution in [-0.2, 0) is 6.54 Å². The first-order chi connectivity index (χ1) is 11.1. The zero-order valence-electron chi connectivity index (χ0n) is 12.4. The van der Waals surface area contributed by atoms with Crippen molar-refractivity contribution < 1.29 is 13.6 Å². The number of carbonyl (C=O) groups excluding carboxylic acids is 1. The second-order valence-electron chi connectivity index (χ2n) is 5.63. The summed E-state index contributed by atoms with van der Waals surface area (Å²) in [7, 11) is 0. The molecule has 23 heavy (non-hydrogen) atoms. The first kappa shape index (κ1) is 15.5. The van der Waals surface area contributed by atoms with Crippen molar-refractivity contribution in [1.82, 2.24) is 25.6 Å². The number of amides is 1. The van der Waals surface area contributed by atoms with E-state index in [1.165, 1.54) is 12.3 Å². The number of aromatic amines is 1. The Labute approximate surface area is 131 Å². The molecule has 0 bridgehead atoms. The minimum atomic E-state index is -0.831. The van der Waals surface area contributed by atoms with Crippen molar-refractivity contribution in [3.63, 3.8) is 0 Å². The lowest BCUT2D eigenvalue weighted by Gasteiger charge is -2.32. The average Bonchev–Trinajstić information content (AvgIpc) is 3.07. The van der Waals surface area contributed by atoms with Gasteiger partial charge in [0.15, 0.2) is 17.3 Å².